The second-order valence-corrected chi connectivity index (χ2v) is 3.75. The van der Waals surface area contributed by atoms with Crippen LogP contribution in [-0.2, 0) is 6.42 Å². The van der Waals surface area contributed by atoms with Gasteiger partial charge in [-0.2, -0.15) is 4.99 Å². The number of aromatic amines is 1. The Kier molecular flexibility index (Phi) is 3.13. The molecular formula is C11H15N7. The predicted molar refractivity (Wildman–Crippen MR) is 72.6 cm³/mol. The Bertz CT molecular complexity index is 619. The van der Waals surface area contributed by atoms with Crippen LogP contribution in [0.25, 0.3) is 11.0 Å². The first-order chi connectivity index (χ1) is 8.58. The summed E-state index contributed by atoms with van der Waals surface area (Å²) < 4.78 is 0. The first-order valence-corrected chi connectivity index (χ1v) is 5.51. The molecule has 0 atom stereocenters. The molecule has 0 aliphatic heterocycles. The zero-order valence-corrected chi connectivity index (χ0v) is 10.0. The van der Waals surface area contributed by atoms with Crippen molar-refractivity contribution >= 4 is 28.6 Å². The van der Waals surface area contributed by atoms with Crippen molar-refractivity contribution in [3.8, 4) is 0 Å². The van der Waals surface area contributed by atoms with Crippen LogP contribution in [0.4, 0.5) is 5.69 Å². The number of H-pyrrole nitrogens is 1. The Morgan fingerprint density at radius 3 is 2.78 bits per heavy atom. The molecule has 0 aliphatic carbocycles. The van der Waals surface area contributed by atoms with Crippen LogP contribution in [0.1, 0.15) is 12.7 Å². The van der Waals surface area contributed by atoms with Gasteiger partial charge in [-0.1, -0.05) is 6.92 Å². The van der Waals surface area contributed by atoms with E-state index in [0.29, 0.717) is 5.69 Å². The maximum Gasteiger partial charge on any atom is 0.223 e. The third kappa shape index (κ3) is 2.57. The van der Waals surface area contributed by atoms with Gasteiger partial charge in [-0.15, -0.1) is 0 Å². The number of aliphatic imine (C=N–C) groups is 2. The molecule has 18 heavy (non-hydrogen) atoms. The molecule has 0 saturated carbocycles. The average Bonchev–Trinajstić information content (AvgIpc) is 2.69. The molecule has 2 rings (SSSR count). The van der Waals surface area contributed by atoms with E-state index in [1.54, 1.807) is 6.07 Å². The highest BCUT2D eigenvalue weighted by Gasteiger charge is 2.02. The molecule has 0 radical (unpaired) electrons. The second-order valence-electron chi connectivity index (χ2n) is 3.75. The minimum Gasteiger partial charge on any atom is -0.370 e. The third-order valence-corrected chi connectivity index (χ3v) is 2.34. The van der Waals surface area contributed by atoms with Crippen LogP contribution in [0.3, 0.4) is 0 Å². The molecule has 2 aromatic rings. The zero-order valence-electron chi connectivity index (χ0n) is 10.0. The van der Waals surface area contributed by atoms with Crippen LogP contribution in [0.2, 0.25) is 0 Å². The van der Waals surface area contributed by atoms with E-state index in [1.807, 2.05) is 19.1 Å². The monoisotopic (exact) mass is 245 g/mol. The lowest BCUT2D eigenvalue weighted by Gasteiger charge is -1.96. The SMILES string of the molecule is CCc1nc2ccc(N=C(N)N=C(N)N)cc2[nH]1. The van der Waals surface area contributed by atoms with Crippen molar-refractivity contribution in [2.45, 2.75) is 13.3 Å². The lowest BCUT2D eigenvalue weighted by molar-refractivity contribution is 1.00. The van der Waals surface area contributed by atoms with E-state index in [4.69, 9.17) is 17.2 Å². The fourth-order valence-electron chi connectivity index (χ4n) is 1.58. The van der Waals surface area contributed by atoms with E-state index in [1.165, 1.54) is 0 Å². The van der Waals surface area contributed by atoms with E-state index < -0.39 is 0 Å². The van der Waals surface area contributed by atoms with Crippen molar-refractivity contribution in [3.63, 3.8) is 0 Å². The highest BCUT2D eigenvalue weighted by atomic mass is 15.1. The van der Waals surface area contributed by atoms with Gasteiger partial charge in [0.15, 0.2) is 5.96 Å². The summed E-state index contributed by atoms with van der Waals surface area (Å²) in [4.78, 5) is 15.3. The Hall–Kier alpha value is -2.57. The first kappa shape index (κ1) is 11.9. The van der Waals surface area contributed by atoms with Gasteiger partial charge in [-0.3, -0.25) is 0 Å². The Labute approximate surface area is 104 Å². The number of rotatable bonds is 2. The van der Waals surface area contributed by atoms with E-state index in [9.17, 15) is 0 Å². The van der Waals surface area contributed by atoms with Gasteiger partial charge in [0.05, 0.1) is 16.7 Å². The molecule has 94 valence electrons. The molecular weight excluding hydrogens is 230 g/mol. The lowest BCUT2D eigenvalue weighted by Crippen LogP contribution is -2.26. The van der Waals surface area contributed by atoms with Gasteiger partial charge in [0.1, 0.15) is 5.82 Å². The molecule has 1 heterocycles. The van der Waals surface area contributed by atoms with Gasteiger partial charge < -0.3 is 22.2 Å². The van der Waals surface area contributed by atoms with Gasteiger partial charge in [-0.05, 0) is 18.2 Å². The Morgan fingerprint density at radius 1 is 1.33 bits per heavy atom. The number of aryl methyl sites for hydroxylation is 1. The second kappa shape index (κ2) is 4.74. The summed E-state index contributed by atoms with van der Waals surface area (Å²) >= 11 is 0. The van der Waals surface area contributed by atoms with Crippen LogP contribution in [-0.4, -0.2) is 21.9 Å². The fraction of sp³-hybridized carbons (Fsp3) is 0.182. The van der Waals surface area contributed by atoms with Crippen molar-refractivity contribution in [2.75, 3.05) is 0 Å². The third-order valence-electron chi connectivity index (χ3n) is 2.34. The highest BCUT2D eigenvalue weighted by molar-refractivity contribution is 5.94. The van der Waals surface area contributed by atoms with Gasteiger partial charge in [0.25, 0.3) is 0 Å². The number of nitrogens with one attached hydrogen (secondary N) is 1. The number of aromatic nitrogens is 2. The number of hydrogen-bond donors (Lipinski definition) is 4. The summed E-state index contributed by atoms with van der Waals surface area (Å²) in [7, 11) is 0. The molecule has 1 aromatic heterocycles. The summed E-state index contributed by atoms with van der Waals surface area (Å²) in [6.07, 6.45) is 0.851. The van der Waals surface area contributed by atoms with E-state index in [2.05, 4.69) is 20.0 Å². The van der Waals surface area contributed by atoms with Crippen molar-refractivity contribution in [1.82, 2.24) is 9.97 Å². The van der Waals surface area contributed by atoms with Crippen LogP contribution >= 0.6 is 0 Å². The van der Waals surface area contributed by atoms with Crippen LogP contribution in [0.5, 0.6) is 0 Å². The topological polar surface area (TPSA) is 131 Å². The molecule has 0 spiro atoms. The maximum atomic E-state index is 5.56. The smallest absolute Gasteiger partial charge is 0.223 e. The average molecular weight is 245 g/mol. The molecule has 1 aromatic carbocycles. The van der Waals surface area contributed by atoms with Crippen LogP contribution in [0, 0.1) is 0 Å². The van der Waals surface area contributed by atoms with Crippen molar-refractivity contribution in [3.05, 3.63) is 24.0 Å². The summed E-state index contributed by atoms with van der Waals surface area (Å²) in [6, 6.07) is 5.51. The molecule has 7 nitrogen and oxygen atoms in total. The largest absolute Gasteiger partial charge is 0.370 e. The summed E-state index contributed by atoms with van der Waals surface area (Å²) in [5.74, 6) is 0.833. The van der Waals surface area contributed by atoms with Crippen molar-refractivity contribution in [2.24, 2.45) is 27.2 Å². The highest BCUT2D eigenvalue weighted by Crippen LogP contribution is 2.19. The molecule has 7 heteroatoms. The minimum atomic E-state index is -0.118. The Morgan fingerprint density at radius 2 is 2.11 bits per heavy atom. The summed E-state index contributed by atoms with van der Waals surface area (Å²) in [5.41, 5.74) is 18.4. The maximum absolute atomic E-state index is 5.56. The number of benzene rings is 1. The van der Waals surface area contributed by atoms with Gasteiger partial charge in [0, 0.05) is 6.42 Å². The quantitative estimate of drug-likeness (QED) is 0.448. The number of nitrogens with two attached hydrogens (primary N) is 3. The molecule has 0 bridgehead atoms. The standard InChI is InChI=1S/C11H15N7/c1-2-9-16-7-4-3-6(5-8(7)17-9)15-11(14)18-10(12)13/h3-5H,2H2,1H3,(H,16,17)(H6,12,13,14,15,18). The zero-order chi connectivity index (χ0) is 13.1. The van der Waals surface area contributed by atoms with E-state index >= 15 is 0 Å². The first-order valence-electron chi connectivity index (χ1n) is 5.51. The molecule has 7 N–H and O–H groups in total. The molecule has 0 amide bonds. The number of fused-ring (bicyclic) bond motifs is 1. The lowest BCUT2D eigenvalue weighted by atomic mass is 10.3. The molecule has 0 saturated heterocycles. The number of nitrogens with zero attached hydrogens (tertiary/aromatic N) is 3. The minimum absolute atomic E-state index is 0.0181. The number of hydrogen-bond acceptors (Lipinski definition) is 2. The van der Waals surface area contributed by atoms with Gasteiger partial charge >= 0.3 is 0 Å². The normalized spacial score (nSPS) is 11.7. The number of guanidine groups is 2. The van der Waals surface area contributed by atoms with Crippen molar-refractivity contribution < 1.29 is 0 Å². The van der Waals surface area contributed by atoms with Crippen LogP contribution in [0.15, 0.2) is 28.2 Å². The molecule has 0 unspecified atom stereocenters. The Balaban J connectivity index is 2.38. The van der Waals surface area contributed by atoms with Crippen LogP contribution < -0.4 is 17.2 Å². The van der Waals surface area contributed by atoms with E-state index in [0.717, 1.165) is 23.3 Å². The predicted octanol–water partition coefficient (Wildman–Crippen LogP) is 0.345. The fourth-order valence-corrected chi connectivity index (χ4v) is 1.58. The summed E-state index contributed by atoms with van der Waals surface area (Å²) in [5, 5.41) is 0. The van der Waals surface area contributed by atoms with E-state index in [-0.39, 0.29) is 11.9 Å². The van der Waals surface area contributed by atoms with Gasteiger partial charge in [-0.25, -0.2) is 9.98 Å². The molecule has 0 fully saturated rings. The summed E-state index contributed by atoms with van der Waals surface area (Å²) in [6.45, 7) is 2.04. The van der Waals surface area contributed by atoms with Gasteiger partial charge in [0.2, 0.25) is 5.96 Å². The number of imidazole rings is 1. The van der Waals surface area contributed by atoms with Crippen molar-refractivity contribution in [1.29, 1.82) is 0 Å². The molecule has 0 aliphatic rings.